The van der Waals surface area contributed by atoms with Crippen LogP contribution in [0.15, 0.2) is 22.8 Å². The summed E-state index contributed by atoms with van der Waals surface area (Å²) < 4.78 is 5.33. The molecule has 0 aliphatic rings. The van der Waals surface area contributed by atoms with Crippen molar-refractivity contribution in [2.45, 2.75) is 46.1 Å². The molecular weight excluding hydrogens is 240 g/mol. The maximum atomic E-state index is 5.33. The summed E-state index contributed by atoms with van der Waals surface area (Å²) in [5.74, 6) is 1.54. The smallest absolute Gasteiger partial charge is 0.243 e. The van der Waals surface area contributed by atoms with Gasteiger partial charge in [-0.05, 0) is 31.9 Å². The molecule has 0 fully saturated rings. The summed E-state index contributed by atoms with van der Waals surface area (Å²) >= 11 is 0. The number of hydrogen-bond donors (Lipinski definition) is 1. The Bertz CT molecular complexity index is 510. The van der Waals surface area contributed by atoms with Crippen molar-refractivity contribution in [3.05, 3.63) is 35.5 Å². The van der Waals surface area contributed by atoms with Gasteiger partial charge in [0.25, 0.3) is 0 Å². The van der Waals surface area contributed by atoms with E-state index in [1.165, 1.54) is 0 Å². The van der Waals surface area contributed by atoms with Crippen molar-refractivity contribution >= 4 is 5.95 Å². The highest BCUT2D eigenvalue weighted by Crippen LogP contribution is 2.10. The van der Waals surface area contributed by atoms with Crippen LogP contribution in [0.2, 0.25) is 0 Å². The Morgan fingerprint density at radius 3 is 2.63 bits per heavy atom. The van der Waals surface area contributed by atoms with Crippen molar-refractivity contribution in [2.24, 2.45) is 0 Å². The number of anilines is 1. The maximum Gasteiger partial charge on any atom is 0.243 e. The summed E-state index contributed by atoms with van der Waals surface area (Å²) in [6.07, 6.45) is 4.23. The minimum Gasteiger partial charge on any atom is -0.469 e. The molecule has 0 saturated heterocycles. The normalized spacial score (nSPS) is 12.4. The van der Waals surface area contributed by atoms with E-state index >= 15 is 0 Å². The number of aromatic nitrogens is 3. The SMILES string of the molecule is CCc1nnc(NC(C)Cc2ccco2)nc1CC. The molecule has 1 unspecified atom stereocenters. The summed E-state index contributed by atoms with van der Waals surface area (Å²) in [6, 6.07) is 4.06. The number of furan rings is 1. The minimum atomic E-state index is 0.199. The molecule has 2 aromatic heterocycles. The largest absolute Gasteiger partial charge is 0.469 e. The molecule has 5 nitrogen and oxygen atoms in total. The van der Waals surface area contributed by atoms with E-state index in [1.54, 1.807) is 6.26 Å². The first kappa shape index (κ1) is 13.5. The average molecular weight is 260 g/mol. The molecule has 1 N–H and O–H groups in total. The highest BCUT2D eigenvalue weighted by Gasteiger charge is 2.10. The molecule has 0 aromatic carbocycles. The van der Waals surface area contributed by atoms with Gasteiger partial charge >= 0.3 is 0 Å². The zero-order chi connectivity index (χ0) is 13.7. The van der Waals surface area contributed by atoms with E-state index in [1.807, 2.05) is 12.1 Å². The van der Waals surface area contributed by atoms with Crippen LogP contribution in [0, 0.1) is 0 Å². The van der Waals surface area contributed by atoms with Crippen molar-refractivity contribution in [1.82, 2.24) is 15.2 Å². The average Bonchev–Trinajstić information content (AvgIpc) is 2.91. The second kappa shape index (κ2) is 6.31. The minimum absolute atomic E-state index is 0.199. The standard InChI is InChI=1S/C14H20N4O/c1-4-12-13(5-2)17-18-14(16-12)15-10(3)9-11-7-6-8-19-11/h6-8,10H,4-5,9H2,1-3H3,(H,15,16,18). The summed E-state index contributed by atoms with van der Waals surface area (Å²) in [4.78, 5) is 4.52. The van der Waals surface area contributed by atoms with E-state index in [0.717, 1.165) is 36.4 Å². The highest BCUT2D eigenvalue weighted by atomic mass is 16.3. The first-order chi connectivity index (χ1) is 9.22. The molecule has 2 heterocycles. The summed E-state index contributed by atoms with van der Waals surface area (Å²) in [5, 5.41) is 11.6. The quantitative estimate of drug-likeness (QED) is 0.865. The van der Waals surface area contributed by atoms with Gasteiger partial charge in [-0.1, -0.05) is 13.8 Å². The first-order valence-electron chi connectivity index (χ1n) is 6.74. The van der Waals surface area contributed by atoms with Gasteiger partial charge in [0.1, 0.15) is 5.76 Å². The topological polar surface area (TPSA) is 63.8 Å². The van der Waals surface area contributed by atoms with Crippen molar-refractivity contribution in [3.8, 4) is 0 Å². The molecule has 19 heavy (non-hydrogen) atoms. The molecule has 1 atom stereocenters. The van der Waals surface area contributed by atoms with Crippen molar-refractivity contribution in [2.75, 3.05) is 5.32 Å². The van der Waals surface area contributed by atoms with Gasteiger partial charge in [-0.2, -0.15) is 5.10 Å². The Balaban J connectivity index is 2.02. The third-order valence-corrected chi connectivity index (χ3v) is 2.97. The van der Waals surface area contributed by atoms with E-state index in [-0.39, 0.29) is 6.04 Å². The van der Waals surface area contributed by atoms with Crippen molar-refractivity contribution in [1.29, 1.82) is 0 Å². The molecule has 0 spiro atoms. The predicted octanol–water partition coefficient (Wildman–Crippen LogP) is 2.63. The van der Waals surface area contributed by atoms with E-state index in [4.69, 9.17) is 4.42 Å². The monoisotopic (exact) mass is 260 g/mol. The van der Waals surface area contributed by atoms with Crippen molar-refractivity contribution in [3.63, 3.8) is 0 Å². The van der Waals surface area contributed by atoms with Gasteiger partial charge in [0.05, 0.1) is 17.7 Å². The Hall–Kier alpha value is -1.91. The second-order valence-corrected chi connectivity index (χ2v) is 4.56. The van der Waals surface area contributed by atoms with Crippen LogP contribution < -0.4 is 5.32 Å². The number of aryl methyl sites for hydroxylation is 2. The lowest BCUT2D eigenvalue weighted by Crippen LogP contribution is -2.20. The molecule has 5 heteroatoms. The lowest BCUT2D eigenvalue weighted by atomic mass is 10.2. The van der Waals surface area contributed by atoms with Crippen LogP contribution in [-0.4, -0.2) is 21.2 Å². The zero-order valence-electron chi connectivity index (χ0n) is 11.7. The van der Waals surface area contributed by atoms with Crippen LogP contribution in [0.4, 0.5) is 5.95 Å². The lowest BCUT2D eigenvalue weighted by Gasteiger charge is -2.13. The Morgan fingerprint density at radius 2 is 2.00 bits per heavy atom. The highest BCUT2D eigenvalue weighted by molar-refractivity contribution is 5.27. The zero-order valence-corrected chi connectivity index (χ0v) is 11.7. The molecule has 0 aliphatic heterocycles. The Kier molecular flexibility index (Phi) is 4.49. The predicted molar refractivity (Wildman–Crippen MR) is 74.1 cm³/mol. The first-order valence-corrected chi connectivity index (χ1v) is 6.74. The fourth-order valence-electron chi connectivity index (χ4n) is 2.00. The maximum absolute atomic E-state index is 5.33. The summed E-state index contributed by atoms with van der Waals surface area (Å²) in [5.41, 5.74) is 2.00. The fourth-order valence-corrected chi connectivity index (χ4v) is 2.00. The number of rotatable bonds is 6. The Labute approximate surface area is 113 Å². The molecule has 0 saturated carbocycles. The summed E-state index contributed by atoms with van der Waals surface area (Å²) in [6.45, 7) is 6.22. The summed E-state index contributed by atoms with van der Waals surface area (Å²) in [7, 11) is 0. The number of nitrogens with zero attached hydrogens (tertiary/aromatic N) is 3. The van der Waals surface area contributed by atoms with Gasteiger partial charge in [0.15, 0.2) is 0 Å². The van der Waals surface area contributed by atoms with Crippen LogP contribution in [0.3, 0.4) is 0 Å². The molecular formula is C14H20N4O. The molecule has 2 rings (SSSR count). The van der Waals surface area contributed by atoms with Crippen LogP contribution in [0.5, 0.6) is 0 Å². The van der Waals surface area contributed by atoms with Gasteiger partial charge in [-0.15, -0.1) is 5.10 Å². The van der Waals surface area contributed by atoms with Crippen LogP contribution >= 0.6 is 0 Å². The number of nitrogens with one attached hydrogen (secondary N) is 1. The van der Waals surface area contributed by atoms with Crippen LogP contribution in [-0.2, 0) is 19.3 Å². The van der Waals surface area contributed by atoms with Gasteiger partial charge in [-0.3, -0.25) is 0 Å². The fraction of sp³-hybridized carbons (Fsp3) is 0.500. The van der Waals surface area contributed by atoms with Crippen LogP contribution in [0.25, 0.3) is 0 Å². The molecule has 102 valence electrons. The molecule has 0 radical (unpaired) electrons. The van der Waals surface area contributed by atoms with Gasteiger partial charge in [0, 0.05) is 12.5 Å². The number of hydrogen-bond acceptors (Lipinski definition) is 5. The third-order valence-electron chi connectivity index (χ3n) is 2.97. The van der Waals surface area contributed by atoms with Crippen LogP contribution in [0.1, 0.15) is 37.9 Å². The molecule has 0 bridgehead atoms. The molecule has 0 aliphatic carbocycles. The van der Waals surface area contributed by atoms with E-state index in [2.05, 4.69) is 41.3 Å². The molecule has 0 amide bonds. The third kappa shape index (κ3) is 3.53. The van der Waals surface area contributed by atoms with Crippen molar-refractivity contribution < 1.29 is 4.42 Å². The Morgan fingerprint density at radius 1 is 1.21 bits per heavy atom. The van der Waals surface area contributed by atoms with Gasteiger partial charge in [0.2, 0.25) is 5.95 Å². The lowest BCUT2D eigenvalue weighted by molar-refractivity contribution is 0.497. The van der Waals surface area contributed by atoms with Gasteiger partial charge in [-0.25, -0.2) is 4.98 Å². The second-order valence-electron chi connectivity index (χ2n) is 4.56. The van der Waals surface area contributed by atoms with Gasteiger partial charge < -0.3 is 9.73 Å². The van der Waals surface area contributed by atoms with E-state index < -0.39 is 0 Å². The van der Waals surface area contributed by atoms with E-state index in [9.17, 15) is 0 Å². The van der Waals surface area contributed by atoms with E-state index in [0.29, 0.717) is 5.95 Å². The molecule has 2 aromatic rings.